The number of hydrogen-bond acceptors (Lipinski definition) is 1. The molecule has 3 aromatic carbocycles. The Labute approximate surface area is 119 Å². The summed E-state index contributed by atoms with van der Waals surface area (Å²) in [5, 5.41) is 2.55. The van der Waals surface area contributed by atoms with E-state index in [2.05, 4.69) is 61.5 Å². The van der Waals surface area contributed by atoms with Gasteiger partial charge in [0.05, 0.1) is 7.11 Å². The first-order valence-electron chi connectivity index (χ1n) is 6.99. The van der Waals surface area contributed by atoms with Gasteiger partial charge in [-0.2, -0.15) is 0 Å². The Balaban J connectivity index is 2.39. The molecule has 3 rings (SSSR count). The average Bonchev–Trinajstić information content (AvgIpc) is 2.53. The first-order valence-corrected chi connectivity index (χ1v) is 6.99. The van der Waals surface area contributed by atoms with Crippen molar-refractivity contribution in [2.24, 2.45) is 0 Å². The van der Waals surface area contributed by atoms with E-state index in [9.17, 15) is 0 Å². The van der Waals surface area contributed by atoms with Crippen LogP contribution in [0.3, 0.4) is 0 Å². The molecule has 0 amide bonds. The molecule has 0 spiro atoms. The summed E-state index contributed by atoms with van der Waals surface area (Å²) in [7, 11) is 1.75. The Morgan fingerprint density at radius 2 is 1.60 bits per heavy atom. The topological polar surface area (TPSA) is 9.23 Å². The van der Waals surface area contributed by atoms with Gasteiger partial charge in [0.1, 0.15) is 5.75 Å². The van der Waals surface area contributed by atoms with E-state index in [1.165, 1.54) is 27.5 Å². The summed E-state index contributed by atoms with van der Waals surface area (Å²) >= 11 is 0. The summed E-state index contributed by atoms with van der Waals surface area (Å²) < 4.78 is 5.65. The maximum Gasteiger partial charge on any atom is 0.127 e. The number of hydrogen-bond donors (Lipinski definition) is 0. The Kier molecular flexibility index (Phi) is 3.42. The molecule has 0 aliphatic carbocycles. The van der Waals surface area contributed by atoms with Gasteiger partial charge < -0.3 is 4.74 Å². The third-order valence-electron chi connectivity index (χ3n) is 3.76. The number of aryl methyl sites for hydroxylation is 1. The van der Waals surface area contributed by atoms with Crippen LogP contribution in [0, 0.1) is 0 Å². The Hall–Kier alpha value is -2.28. The first-order chi connectivity index (χ1) is 9.85. The molecule has 0 aromatic heterocycles. The van der Waals surface area contributed by atoms with Crippen LogP contribution in [0.15, 0.2) is 60.7 Å². The molecule has 0 saturated carbocycles. The van der Waals surface area contributed by atoms with Crippen molar-refractivity contribution in [2.45, 2.75) is 13.3 Å². The molecule has 100 valence electrons. The van der Waals surface area contributed by atoms with Crippen molar-refractivity contribution >= 4 is 10.8 Å². The molecular weight excluding hydrogens is 244 g/mol. The van der Waals surface area contributed by atoms with Gasteiger partial charge in [0, 0.05) is 5.56 Å². The van der Waals surface area contributed by atoms with E-state index in [0.717, 1.165) is 12.2 Å². The summed E-state index contributed by atoms with van der Waals surface area (Å²) in [4.78, 5) is 0. The van der Waals surface area contributed by atoms with Gasteiger partial charge in [-0.15, -0.1) is 0 Å². The first kappa shape index (κ1) is 12.7. The predicted molar refractivity (Wildman–Crippen MR) is 85.3 cm³/mol. The van der Waals surface area contributed by atoms with Crippen molar-refractivity contribution < 1.29 is 4.74 Å². The van der Waals surface area contributed by atoms with E-state index < -0.39 is 0 Å². The van der Waals surface area contributed by atoms with Crippen LogP contribution in [0.2, 0.25) is 0 Å². The van der Waals surface area contributed by atoms with Crippen molar-refractivity contribution in [1.82, 2.24) is 0 Å². The summed E-state index contributed by atoms with van der Waals surface area (Å²) in [6.45, 7) is 2.20. The molecule has 0 aliphatic rings. The number of benzene rings is 3. The second kappa shape index (κ2) is 5.38. The number of rotatable bonds is 3. The van der Waals surface area contributed by atoms with Crippen LogP contribution in [0.25, 0.3) is 21.9 Å². The summed E-state index contributed by atoms with van der Waals surface area (Å²) in [6.07, 6.45) is 0.988. The highest BCUT2D eigenvalue weighted by atomic mass is 16.5. The zero-order valence-corrected chi connectivity index (χ0v) is 11.9. The Morgan fingerprint density at radius 1 is 0.900 bits per heavy atom. The Bertz CT molecular complexity index is 729. The zero-order valence-electron chi connectivity index (χ0n) is 11.9. The zero-order chi connectivity index (χ0) is 13.9. The van der Waals surface area contributed by atoms with E-state index in [-0.39, 0.29) is 0 Å². The van der Waals surface area contributed by atoms with Crippen molar-refractivity contribution in [3.8, 4) is 16.9 Å². The van der Waals surface area contributed by atoms with Gasteiger partial charge in [-0.05, 0) is 34.4 Å². The second-order valence-electron chi connectivity index (χ2n) is 4.87. The number of fused-ring (bicyclic) bond motifs is 1. The molecule has 0 radical (unpaired) electrons. The van der Waals surface area contributed by atoms with Crippen LogP contribution in [-0.2, 0) is 6.42 Å². The maximum absolute atomic E-state index is 5.65. The van der Waals surface area contributed by atoms with E-state index in [1.54, 1.807) is 7.11 Å². The summed E-state index contributed by atoms with van der Waals surface area (Å²) in [5.74, 6) is 0.951. The Morgan fingerprint density at radius 3 is 2.30 bits per heavy atom. The summed E-state index contributed by atoms with van der Waals surface area (Å²) in [6, 6.07) is 21.1. The molecule has 1 heteroatoms. The largest absolute Gasteiger partial charge is 0.496 e. The lowest BCUT2D eigenvalue weighted by Gasteiger charge is -2.16. The van der Waals surface area contributed by atoms with Crippen molar-refractivity contribution in [1.29, 1.82) is 0 Å². The van der Waals surface area contributed by atoms with Gasteiger partial charge >= 0.3 is 0 Å². The fourth-order valence-electron chi connectivity index (χ4n) is 2.84. The minimum Gasteiger partial charge on any atom is -0.496 e. The molecule has 0 unspecified atom stereocenters. The lowest BCUT2D eigenvalue weighted by molar-refractivity contribution is 0.416. The van der Waals surface area contributed by atoms with Crippen LogP contribution >= 0.6 is 0 Å². The number of ether oxygens (including phenoxy) is 1. The van der Waals surface area contributed by atoms with Crippen molar-refractivity contribution in [2.75, 3.05) is 7.11 Å². The molecule has 0 fully saturated rings. The number of methoxy groups -OCH3 is 1. The minimum absolute atomic E-state index is 0.951. The molecule has 20 heavy (non-hydrogen) atoms. The quantitative estimate of drug-likeness (QED) is 0.639. The SMILES string of the molecule is CCc1c(-c2ccccc2)c(OC)cc2ccccc12. The lowest BCUT2D eigenvalue weighted by Crippen LogP contribution is -1.95. The summed E-state index contributed by atoms with van der Waals surface area (Å²) in [5.41, 5.74) is 3.78. The normalized spacial score (nSPS) is 10.7. The van der Waals surface area contributed by atoms with Crippen LogP contribution in [0.4, 0.5) is 0 Å². The molecule has 0 N–H and O–H groups in total. The fourth-order valence-corrected chi connectivity index (χ4v) is 2.84. The molecule has 3 aromatic rings. The minimum atomic E-state index is 0.951. The van der Waals surface area contributed by atoms with Gasteiger partial charge in [-0.3, -0.25) is 0 Å². The molecule has 0 saturated heterocycles. The highest BCUT2D eigenvalue weighted by Crippen LogP contribution is 2.38. The van der Waals surface area contributed by atoms with Gasteiger partial charge in [0.25, 0.3) is 0 Å². The van der Waals surface area contributed by atoms with Crippen molar-refractivity contribution in [3.63, 3.8) is 0 Å². The van der Waals surface area contributed by atoms with Crippen LogP contribution in [0.1, 0.15) is 12.5 Å². The van der Waals surface area contributed by atoms with Crippen LogP contribution in [-0.4, -0.2) is 7.11 Å². The van der Waals surface area contributed by atoms with Gasteiger partial charge in [-0.25, -0.2) is 0 Å². The van der Waals surface area contributed by atoms with Gasteiger partial charge in [0.15, 0.2) is 0 Å². The maximum atomic E-state index is 5.65. The predicted octanol–water partition coefficient (Wildman–Crippen LogP) is 5.08. The van der Waals surface area contributed by atoms with E-state index in [0.29, 0.717) is 0 Å². The standard InChI is InChI=1S/C19H18O/c1-3-16-17-12-8-7-11-15(17)13-18(20-2)19(16)14-9-5-4-6-10-14/h4-13H,3H2,1-2H3. The monoisotopic (exact) mass is 262 g/mol. The van der Waals surface area contributed by atoms with Crippen molar-refractivity contribution in [3.05, 3.63) is 66.2 Å². The fraction of sp³-hybridized carbons (Fsp3) is 0.158. The molecule has 0 aliphatic heterocycles. The van der Waals surface area contributed by atoms with Crippen LogP contribution < -0.4 is 4.74 Å². The molecule has 1 nitrogen and oxygen atoms in total. The van der Waals surface area contributed by atoms with Gasteiger partial charge in [-0.1, -0.05) is 61.5 Å². The third-order valence-corrected chi connectivity index (χ3v) is 3.76. The van der Waals surface area contributed by atoms with E-state index in [1.807, 2.05) is 6.07 Å². The molecular formula is C19H18O. The average molecular weight is 262 g/mol. The molecule has 0 atom stereocenters. The highest BCUT2D eigenvalue weighted by Gasteiger charge is 2.14. The second-order valence-corrected chi connectivity index (χ2v) is 4.87. The smallest absolute Gasteiger partial charge is 0.127 e. The van der Waals surface area contributed by atoms with Crippen LogP contribution in [0.5, 0.6) is 5.75 Å². The lowest BCUT2D eigenvalue weighted by atomic mass is 9.92. The third kappa shape index (κ3) is 2.05. The highest BCUT2D eigenvalue weighted by molar-refractivity contribution is 5.95. The molecule has 0 bridgehead atoms. The van der Waals surface area contributed by atoms with E-state index in [4.69, 9.17) is 4.74 Å². The van der Waals surface area contributed by atoms with E-state index >= 15 is 0 Å². The van der Waals surface area contributed by atoms with Gasteiger partial charge in [0.2, 0.25) is 0 Å². The molecule has 0 heterocycles.